The highest BCUT2D eigenvalue weighted by molar-refractivity contribution is 6.33. The minimum atomic E-state index is -0.918. The van der Waals surface area contributed by atoms with Crippen LogP contribution in [0.3, 0.4) is 0 Å². The van der Waals surface area contributed by atoms with Crippen LogP contribution in [0.4, 0.5) is 16.2 Å². The molecule has 174 valence electrons. The number of likely N-dealkylation sites (N-methyl/N-ethyl adjacent to an activating group) is 1. The number of nitrogens with one attached hydrogen (secondary N) is 2. The predicted molar refractivity (Wildman–Crippen MR) is 122 cm³/mol. The fourth-order valence-electron chi connectivity index (χ4n) is 4.15. The molecule has 9 nitrogen and oxygen atoms in total. The number of amides is 3. The van der Waals surface area contributed by atoms with Gasteiger partial charge in [0.2, 0.25) is 0 Å². The summed E-state index contributed by atoms with van der Waals surface area (Å²) >= 11 is 6.08. The van der Waals surface area contributed by atoms with Crippen LogP contribution in [0.5, 0.6) is 5.75 Å². The molecule has 2 aliphatic rings. The number of hydrogen-bond acceptors (Lipinski definition) is 5. The molecule has 0 spiro atoms. The first-order valence-electron chi connectivity index (χ1n) is 10.6. The number of rotatable bonds is 4. The SMILES string of the molecule is CN1C(=O)c2cc(NC(=O)Nc3ccccc3Cl)ccc2OC[C@H]2O[C@@H](CC(=O)O)CC[C@H]21. The number of aliphatic carboxylic acids is 1. The minimum absolute atomic E-state index is 0.0806. The first-order chi connectivity index (χ1) is 15.8. The first-order valence-corrected chi connectivity index (χ1v) is 10.9. The number of para-hydroxylation sites is 1. The largest absolute Gasteiger partial charge is 0.490 e. The molecule has 2 aromatic carbocycles. The number of benzene rings is 2. The molecule has 0 bridgehead atoms. The first kappa shape index (κ1) is 22.9. The summed E-state index contributed by atoms with van der Waals surface area (Å²) in [5.41, 5.74) is 1.20. The van der Waals surface area contributed by atoms with Crippen LogP contribution in [-0.2, 0) is 9.53 Å². The van der Waals surface area contributed by atoms with Crippen LogP contribution in [0.15, 0.2) is 42.5 Å². The lowest BCUT2D eigenvalue weighted by molar-refractivity contribution is -0.148. The number of ether oxygens (including phenoxy) is 2. The van der Waals surface area contributed by atoms with E-state index in [9.17, 15) is 14.4 Å². The number of urea groups is 1. The van der Waals surface area contributed by atoms with E-state index in [-0.39, 0.29) is 25.0 Å². The van der Waals surface area contributed by atoms with E-state index in [1.807, 2.05) is 0 Å². The molecule has 3 amide bonds. The van der Waals surface area contributed by atoms with Crippen LogP contribution in [-0.4, -0.2) is 59.8 Å². The third kappa shape index (κ3) is 5.20. The molecule has 0 aliphatic carbocycles. The molecule has 0 radical (unpaired) electrons. The van der Waals surface area contributed by atoms with E-state index in [0.29, 0.717) is 40.6 Å². The van der Waals surface area contributed by atoms with Crippen molar-refractivity contribution in [3.63, 3.8) is 0 Å². The number of fused-ring (bicyclic) bond motifs is 2. The number of carboxylic acids is 1. The average Bonchev–Trinajstić information content (AvgIpc) is 2.78. The van der Waals surface area contributed by atoms with Gasteiger partial charge in [0.25, 0.3) is 5.91 Å². The molecule has 4 rings (SSSR count). The molecule has 10 heteroatoms. The van der Waals surface area contributed by atoms with Gasteiger partial charge in [-0.25, -0.2) is 4.79 Å². The molecule has 2 aliphatic heterocycles. The van der Waals surface area contributed by atoms with Gasteiger partial charge < -0.3 is 30.1 Å². The van der Waals surface area contributed by atoms with Crippen molar-refractivity contribution in [2.24, 2.45) is 0 Å². The lowest BCUT2D eigenvalue weighted by Gasteiger charge is -2.42. The Morgan fingerprint density at radius 1 is 1.18 bits per heavy atom. The average molecular weight is 474 g/mol. The monoisotopic (exact) mass is 473 g/mol. The maximum Gasteiger partial charge on any atom is 0.323 e. The summed E-state index contributed by atoms with van der Waals surface area (Å²) in [5.74, 6) is -0.819. The predicted octanol–water partition coefficient (Wildman–Crippen LogP) is 3.84. The zero-order valence-corrected chi connectivity index (χ0v) is 18.7. The molecule has 1 saturated heterocycles. The Kier molecular flexibility index (Phi) is 6.71. The zero-order chi connectivity index (χ0) is 23.5. The Hall–Kier alpha value is -3.30. The summed E-state index contributed by atoms with van der Waals surface area (Å²) in [5, 5.41) is 14.8. The molecule has 0 saturated carbocycles. The van der Waals surface area contributed by atoms with Gasteiger partial charge in [-0.3, -0.25) is 9.59 Å². The molecular formula is C23H24ClN3O6. The van der Waals surface area contributed by atoms with Crippen molar-refractivity contribution in [3.05, 3.63) is 53.1 Å². The molecule has 1 fully saturated rings. The quantitative estimate of drug-likeness (QED) is 0.621. The number of carboxylic acid groups (broad SMARTS) is 1. The number of carbonyl (C=O) groups excluding carboxylic acids is 2. The van der Waals surface area contributed by atoms with Crippen LogP contribution in [0, 0.1) is 0 Å². The second-order valence-electron chi connectivity index (χ2n) is 8.04. The summed E-state index contributed by atoms with van der Waals surface area (Å²) < 4.78 is 11.8. The third-order valence-corrected chi connectivity index (χ3v) is 6.12. The topological polar surface area (TPSA) is 117 Å². The molecule has 2 heterocycles. The van der Waals surface area contributed by atoms with E-state index in [0.717, 1.165) is 0 Å². The van der Waals surface area contributed by atoms with Gasteiger partial charge in [-0.2, -0.15) is 0 Å². The van der Waals surface area contributed by atoms with E-state index >= 15 is 0 Å². The van der Waals surface area contributed by atoms with Crippen LogP contribution in [0.1, 0.15) is 29.6 Å². The minimum Gasteiger partial charge on any atom is -0.490 e. The van der Waals surface area contributed by atoms with Crippen molar-refractivity contribution in [2.45, 2.75) is 37.5 Å². The standard InChI is InChI=1S/C23H24ClN3O6/c1-27-18-8-7-14(11-21(28)29)33-20(18)12-32-19-9-6-13(10-15(19)22(27)30)25-23(31)26-17-5-3-2-4-16(17)24/h2-6,9-10,14,18,20H,7-8,11-12H2,1H3,(H,28,29)(H2,25,26,31)/t14-,18-,20-/m1/s1. The van der Waals surface area contributed by atoms with E-state index in [1.165, 1.54) is 0 Å². The normalized spacial score (nSPS) is 22.2. The zero-order valence-electron chi connectivity index (χ0n) is 17.9. The van der Waals surface area contributed by atoms with Crippen molar-refractivity contribution in [2.75, 3.05) is 24.3 Å². The number of anilines is 2. The molecule has 2 aromatic rings. The fourth-order valence-corrected chi connectivity index (χ4v) is 4.33. The van der Waals surface area contributed by atoms with Gasteiger partial charge in [-0.15, -0.1) is 0 Å². The number of halogens is 1. The number of carbonyl (C=O) groups is 3. The van der Waals surface area contributed by atoms with E-state index < -0.39 is 24.2 Å². The summed E-state index contributed by atoms with van der Waals surface area (Å²) in [6.07, 6.45) is 0.244. The molecule has 3 N–H and O–H groups in total. The highest BCUT2D eigenvalue weighted by atomic mass is 35.5. The molecule has 3 atom stereocenters. The summed E-state index contributed by atoms with van der Waals surface area (Å²) in [7, 11) is 1.69. The molecule has 33 heavy (non-hydrogen) atoms. The van der Waals surface area contributed by atoms with E-state index in [1.54, 1.807) is 54.4 Å². The molecular weight excluding hydrogens is 450 g/mol. The Labute approximate surface area is 195 Å². The van der Waals surface area contributed by atoms with Crippen molar-refractivity contribution < 1.29 is 29.0 Å². The fraction of sp³-hybridized carbons (Fsp3) is 0.348. The van der Waals surface area contributed by atoms with Gasteiger partial charge in [-0.1, -0.05) is 23.7 Å². The Bertz CT molecular complexity index is 1080. The van der Waals surface area contributed by atoms with Gasteiger partial charge in [0.1, 0.15) is 18.5 Å². The Morgan fingerprint density at radius 2 is 1.97 bits per heavy atom. The summed E-state index contributed by atoms with van der Waals surface area (Å²) in [4.78, 5) is 38.3. The second kappa shape index (κ2) is 9.68. The summed E-state index contributed by atoms with van der Waals surface area (Å²) in [6, 6.07) is 10.9. The van der Waals surface area contributed by atoms with Crippen LogP contribution >= 0.6 is 11.6 Å². The van der Waals surface area contributed by atoms with Crippen molar-refractivity contribution in [3.8, 4) is 5.75 Å². The molecule has 0 unspecified atom stereocenters. The Morgan fingerprint density at radius 3 is 2.73 bits per heavy atom. The lowest BCUT2D eigenvalue weighted by Crippen LogP contribution is -2.53. The van der Waals surface area contributed by atoms with Gasteiger partial charge in [-0.05, 0) is 43.2 Å². The molecule has 0 aromatic heterocycles. The van der Waals surface area contributed by atoms with E-state index in [4.69, 9.17) is 26.2 Å². The van der Waals surface area contributed by atoms with Crippen LogP contribution < -0.4 is 15.4 Å². The highest BCUT2D eigenvalue weighted by Gasteiger charge is 2.39. The van der Waals surface area contributed by atoms with Gasteiger partial charge >= 0.3 is 12.0 Å². The maximum atomic E-state index is 13.2. The summed E-state index contributed by atoms with van der Waals surface area (Å²) in [6.45, 7) is 0.186. The van der Waals surface area contributed by atoms with Crippen LogP contribution in [0.2, 0.25) is 5.02 Å². The van der Waals surface area contributed by atoms with Crippen molar-refractivity contribution in [1.82, 2.24) is 4.90 Å². The third-order valence-electron chi connectivity index (χ3n) is 5.79. The Balaban J connectivity index is 1.49. The van der Waals surface area contributed by atoms with E-state index in [2.05, 4.69) is 10.6 Å². The van der Waals surface area contributed by atoms with Crippen molar-refractivity contribution >= 4 is 40.9 Å². The van der Waals surface area contributed by atoms with Crippen LogP contribution in [0.25, 0.3) is 0 Å². The van der Waals surface area contributed by atoms with Crippen molar-refractivity contribution in [1.29, 1.82) is 0 Å². The lowest BCUT2D eigenvalue weighted by atomic mass is 9.94. The number of hydrogen-bond donors (Lipinski definition) is 3. The van der Waals surface area contributed by atoms with Gasteiger partial charge in [0, 0.05) is 12.7 Å². The van der Waals surface area contributed by atoms with Gasteiger partial charge in [0.05, 0.1) is 34.8 Å². The number of nitrogens with zero attached hydrogens (tertiary/aromatic N) is 1. The maximum absolute atomic E-state index is 13.2. The second-order valence-corrected chi connectivity index (χ2v) is 8.44. The van der Waals surface area contributed by atoms with Gasteiger partial charge in [0.15, 0.2) is 0 Å². The highest BCUT2D eigenvalue weighted by Crippen LogP contribution is 2.32. The smallest absolute Gasteiger partial charge is 0.323 e.